The number of benzene rings is 2. The molecule has 23 heavy (non-hydrogen) atoms. The third-order valence-electron chi connectivity index (χ3n) is 3.14. The normalized spacial score (nSPS) is 10.5. The summed E-state index contributed by atoms with van der Waals surface area (Å²) in [6.07, 6.45) is -0.307. The van der Waals surface area contributed by atoms with Crippen LogP contribution in [0.15, 0.2) is 48.5 Å². The summed E-state index contributed by atoms with van der Waals surface area (Å²) < 4.78 is 26.6. The van der Waals surface area contributed by atoms with Crippen molar-refractivity contribution < 1.29 is 13.6 Å². The Bertz CT molecular complexity index is 833. The van der Waals surface area contributed by atoms with E-state index in [9.17, 15) is 13.6 Å². The largest absolute Gasteiger partial charge is 0.293 e. The number of aromatic amines is 1. The van der Waals surface area contributed by atoms with Crippen LogP contribution in [0.3, 0.4) is 0 Å². The van der Waals surface area contributed by atoms with E-state index in [0.717, 1.165) is 23.8 Å². The smallest absolute Gasteiger partial charge is 0.249 e. The first-order chi connectivity index (χ1) is 11.1. The zero-order valence-electron chi connectivity index (χ0n) is 11.9. The average molecular weight is 314 g/mol. The van der Waals surface area contributed by atoms with Crippen LogP contribution in [0.1, 0.15) is 5.56 Å². The number of nitrogens with one attached hydrogen (secondary N) is 2. The number of nitrogens with zero attached hydrogens (tertiary/aromatic N) is 2. The van der Waals surface area contributed by atoms with Crippen molar-refractivity contribution in [2.24, 2.45) is 0 Å². The Morgan fingerprint density at radius 2 is 1.91 bits per heavy atom. The van der Waals surface area contributed by atoms with Crippen LogP contribution >= 0.6 is 0 Å². The molecule has 0 bridgehead atoms. The molecule has 0 atom stereocenters. The second-order valence-electron chi connectivity index (χ2n) is 4.83. The average Bonchev–Trinajstić information content (AvgIpc) is 3.00. The number of halogens is 2. The molecule has 0 aliphatic rings. The zero-order valence-corrected chi connectivity index (χ0v) is 11.9. The predicted octanol–water partition coefficient (Wildman–Crippen LogP) is 2.93. The fourth-order valence-electron chi connectivity index (χ4n) is 2.06. The van der Waals surface area contributed by atoms with Crippen LogP contribution in [-0.2, 0) is 11.2 Å². The lowest BCUT2D eigenvalue weighted by atomic mass is 10.1. The standard InChI is InChI=1S/C16H12F2N4O/c17-12-6-7-13(18)11(8-12)9-14(23)19-16-20-15(21-22-16)10-4-2-1-3-5-10/h1-8H,9H2,(H2,19,20,21,22,23). The minimum Gasteiger partial charge on any atom is -0.293 e. The number of hydrogen-bond donors (Lipinski definition) is 2. The quantitative estimate of drug-likeness (QED) is 0.778. The van der Waals surface area contributed by atoms with E-state index in [-0.39, 0.29) is 17.9 Å². The van der Waals surface area contributed by atoms with E-state index in [0.29, 0.717) is 5.82 Å². The van der Waals surface area contributed by atoms with Gasteiger partial charge in [0.15, 0.2) is 5.82 Å². The molecule has 3 aromatic rings. The monoisotopic (exact) mass is 314 g/mol. The third kappa shape index (κ3) is 3.57. The molecule has 3 rings (SSSR count). The van der Waals surface area contributed by atoms with Crippen LogP contribution < -0.4 is 5.32 Å². The van der Waals surface area contributed by atoms with Gasteiger partial charge < -0.3 is 0 Å². The highest BCUT2D eigenvalue weighted by Gasteiger charge is 2.12. The molecular weight excluding hydrogens is 302 g/mol. The van der Waals surface area contributed by atoms with Gasteiger partial charge in [-0.2, -0.15) is 4.98 Å². The summed E-state index contributed by atoms with van der Waals surface area (Å²) >= 11 is 0. The lowest BCUT2D eigenvalue weighted by Crippen LogP contribution is -2.16. The molecule has 0 aliphatic carbocycles. The minimum atomic E-state index is -0.637. The molecular formula is C16H12F2N4O. The van der Waals surface area contributed by atoms with E-state index >= 15 is 0 Å². The van der Waals surface area contributed by atoms with Gasteiger partial charge >= 0.3 is 0 Å². The van der Waals surface area contributed by atoms with Crippen LogP contribution in [0.4, 0.5) is 14.7 Å². The van der Waals surface area contributed by atoms with Crippen LogP contribution in [0.5, 0.6) is 0 Å². The van der Waals surface area contributed by atoms with Gasteiger partial charge in [0.05, 0.1) is 6.42 Å². The van der Waals surface area contributed by atoms with Crippen LogP contribution in [-0.4, -0.2) is 21.1 Å². The molecule has 7 heteroatoms. The molecule has 0 fully saturated rings. The first-order valence-corrected chi connectivity index (χ1v) is 6.83. The summed E-state index contributed by atoms with van der Waals surface area (Å²) in [4.78, 5) is 16.0. The molecule has 1 aromatic heterocycles. The van der Waals surface area contributed by atoms with Crippen molar-refractivity contribution in [2.75, 3.05) is 5.32 Å². The number of hydrogen-bond acceptors (Lipinski definition) is 3. The predicted molar refractivity (Wildman–Crippen MR) is 80.5 cm³/mol. The molecule has 2 N–H and O–H groups in total. The summed E-state index contributed by atoms with van der Waals surface area (Å²) in [6.45, 7) is 0. The first-order valence-electron chi connectivity index (χ1n) is 6.83. The highest BCUT2D eigenvalue weighted by Crippen LogP contribution is 2.15. The fourth-order valence-corrected chi connectivity index (χ4v) is 2.06. The molecule has 5 nitrogen and oxygen atoms in total. The lowest BCUT2D eigenvalue weighted by molar-refractivity contribution is -0.115. The molecule has 1 amide bonds. The van der Waals surface area contributed by atoms with Crippen LogP contribution in [0, 0.1) is 11.6 Å². The Morgan fingerprint density at radius 1 is 1.13 bits per heavy atom. The molecule has 0 saturated heterocycles. The van der Waals surface area contributed by atoms with Gasteiger partial charge in [0.1, 0.15) is 11.6 Å². The van der Waals surface area contributed by atoms with Gasteiger partial charge in [0.2, 0.25) is 11.9 Å². The SMILES string of the molecule is O=C(Cc1cc(F)ccc1F)Nc1n[nH]c(-c2ccccc2)n1. The van der Waals surface area contributed by atoms with E-state index < -0.39 is 17.5 Å². The van der Waals surface area contributed by atoms with Gasteiger partial charge in [-0.1, -0.05) is 30.3 Å². The number of anilines is 1. The van der Waals surface area contributed by atoms with E-state index in [1.54, 1.807) is 0 Å². The van der Waals surface area contributed by atoms with Crippen molar-refractivity contribution in [3.8, 4) is 11.4 Å². The van der Waals surface area contributed by atoms with Crippen LogP contribution in [0.2, 0.25) is 0 Å². The van der Waals surface area contributed by atoms with Gasteiger partial charge in [-0.3, -0.25) is 15.2 Å². The Kier molecular flexibility index (Phi) is 4.09. The second kappa shape index (κ2) is 6.35. The first kappa shape index (κ1) is 14.8. The van der Waals surface area contributed by atoms with Gasteiger partial charge in [-0.05, 0) is 18.2 Å². The maximum atomic E-state index is 13.5. The third-order valence-corrected chi connectivity index (χ3v) is 3.14. The maximum Gasteiger partial charge on any atom is 0.249 e. The fraction of sp³-hybridized carbons (Fsp3) is 0.0625. The van der Waals surface area contributed by atoms with Gasteiger partial charge in [-0.15, -0.1) is 5.10 Å². The second-order valence-corrected chi connectivity index (χ2v) is 4.83. The Morgan fingerprint density at radius 3 is 2.70 bits per heavy atom. The van der Waals surface area contributed by atoms with Crippen molar-refractivity contribution in [3.05, 3.63) is 65.7 Å². The molecule has 0 radical (unpaired) electrons. The van der Waals surface area contributed by atoms with E-state index in [4.69, 9.17) is 0 Å². The molecule has 0 aliphatic heterocycles. The number of H-pyrrole nitrogens is 1. The number of aromatic nitrogens is 3. The van der Waals surface area contributed by atoms with Gasteiger partial charge in [0, 0.05) is 11.1 Å². The van der Waals surface area contributed by atoms with Crippen molar-refractivity contribution in [3.63, 3.8) is 0 Å². The molecule has 1 heterocycles. The van der Waals surface area contributed by atoms with Crippen molar-refractivity contribution in [2.45, 2.75) is 6.42 Å². The van der Waals surface area contributed by atoms with E-state index in [2.05, 4.69) is 20.5 Å². The number of carbonyl (C=O) groups is 1. The Hall–Kier alpha value is -3.09. The van der Waals surface area contributed by atoms with Gasteiger partial charge in [0.25, 0.3) is 0 Å². The summed E-state index contributed by atoms with van der Waals surface area (Å²) in [5.74, 6) is -1.20. The lowest BCUT2D eigenvalue weighted by Gasteiger charge is -2.03. The molecule has 116 valence electrons. The van der Waals surface area contributed by atoms with Crippen LogP contribution in [0.25, 0.3) is 11.4 Å². The molecule has 0 unspecified atom stereocenters. The Labute approximate surface area is 130 Å². The zero-order chi connectivity index (χ0) is 16.2. The van der Waals surface area contributed by atoms with Crippen molar-refractivity contribution in [1.29, 1.82) is 0 Å². The van der Waals surface area contributed by atoms with Crippen molar-refractivity contribution >= 4 is 11.9 Å². The van der Waals surface area contributed by atoms with E-state index in [1.165, 1.54) is 0 Å². The Balaban J connectivity index is 1.69. The maximum absolute atomic E-state index is 13.5. The number of amides is 1. The highest BCUT2D eigenvalue weighted by atomic mass is 19.1. The summed E-state index contributed by atoms with van der Waals surface area (Å²) in [5.41, 5.74) is 0.790. The minimum absolute atomic E-state index is 0.0266. The highest BCUT2D eigenvalue weighted by molar-refractivity contribution is 5.90. The van der Waals surface area contributed by atoms with Gasteiger partial charge in [-0.25, -0.2) is 8.78 Å². The molecule has 0 saturated carbocycles. The van der Waals surface area contributed by atoms with E-state index in [1.807, 2.05) is 30.3 Å². The summed E-state index contributed by atoms with van der Waals surface area (Å²) in [6, 6.07) is 12.2. The number of rotatable bonds is 4. The summed E-state index contributed by atoms with van der Waals surface area (Å²) in [7, 11) is 0. The molecule has 0 spiro atoms. The number of carbonyl (C=O) groups excluding carboxylic acids is 1. The topological polar surface area (TPSA) is 70.7 Å². The molecule has 2 aromatic carbocycles. The van der Waals surface area contributed by atoms with Crippen molar-refractivity contribution in [1.82, 2.24) is 15.2 Å². The summed E-state index contributed by atoms with van der Waals surface area (Å²) in [5, 5.41) is 9.03.